The molecule has 1 amide bonds. The van der Waals surface area contributed by atoms with E-state index in [1.54, 1.807) is 17.0 Å². The third-order valence-corrected chi connectivity index (χ3v) is 5.61. The first-order chi connectivity index (χ1) is 14.8. The third-order valence-electron chi connectivity index (χ3n) is 5.61. The molecule has 3 aromatic rings. The number of carboxylic acid groups (broad SMARTS) is 1. The molecule has 0 bridgehead atoms. The second kappa shape index (κ2) is 8.11. The van der Waals surface area contributed by atoms with Crippen LogP contribution in [-0.2, 0) is 11.3 Å². The minimum Gasteiger partial charge on any atom is -0.503 e. The van der Waals surface area contributed by atoms with Gasteiger partial charge in [-0.1, -0.05) is 71.8 Å². The maximum Gasteiger partial charge on any atom is 0.335 e. The van der Waals surface area contributed by atoms with Crippen molar-refractivity contribution in [3.05, 3.63) is 112 Å². The molecule has 1 aliphatic heterocycles. The normalized spacial score (nSPS) is 16.1. The number of hydrogen-bond acceptors (Lipinski definition) is 3. The Morgan fingerprint density at radius 1 is 0.871 bits per heavy atom. The summed E-state index contributed by atoms with van der Waals surface area (Å²) in [5.74, 6) is -1.73. The van der Waals surface area contributed by atoms with E-state index in [4.69, 9.17) is 0 Å². The SMILES string of the molecule is Cc1ccc(CN2C(=O)C(O)=C(c3ccc(C)cc3)C2c2ccc(C(=O)O)cc2)cc1. The fourth-order valence-corrected chi connectivity index (χ4v) is 3.89. The Labute approximate surface area is 180 Å². The molecule has 156 valence electrons. The molecule has 1 heterocycles. The summed E-state index contributed by atoms with van der Waals surface area (Å²) in [6.45, 7) is 4.30. The van der Waals surface area contributed by atoms with Gasteiger partial charge in [0.1, 0.15) is 0 Å². The zero-order valence-electron chi connectivity index (χ0n) is 17.4. The van der Waals surface area contributed by atoms with Crippen molar-refractivity contribution in [2.24, 2.45) is 0 Å². The van der Waals surface area contributed by atoms with Crippen molar-refractivity contribution >= 4 is 17.4 Å². The van der Waals surface area contributed by atoms with E-state index in [0.29, 0.717) is 12.1 Å². The summed E-state index contributed by atoms with van der Waals surface area (Å²) in [6, 6.07) is 21.5. The van der Waals surface area contributed by atoms with Gasteiger partial charge < -0.3 is 15.1 Å². The van der Waals surface area contributed by atoms with Crippen LogP contribution in [0.2, 0.25) is 0 Å². The average molecular weight is 413 g/mol. The van der Waals surface area contributed by atoms with Crippen molar-refractivity contribution in [2.45, 2.75) is 26.4 Å². The number of benzene rings is 3. The molecule has 0 aromatic heterocycles. The van der Waals surface area contributed by atoms with E-state index < -0.39 is 17.9 Å². The van der Waals surface area contributed by atoms with E-state index in [2.05, 4.69) is 0 Å². The van der Waals surface area contributed by atoms with Crippen LogP contribution in [0.4, 0.5) is 0 Å². The van der Waals surface area contributed by atoms with Gasteiger partial charge in [0.05, 0.1) is 11.6 Å². The van der Waals surface area contributed by atoms with Crippen molar-refractivity contribution in [3.8, 4) is 0 Å². The molecule has 1 unspecified atom stereocenters. The summed E-state index contributed by atoms with van der Waals surface area (Å²) in [6.07, 6.45) is 0. The zero-order valence-corrected chi connectivity index (χ0v) is 17.4. The highest BCUT2D eigenvalue weighted by molar-refractivity contribution is 6.05. The largest absolute Gasteiger partial charge is 0.503 e. The van der Waals surface area contributed by atoms with Crippen LogP contribution < -0.4 is 0 Å². The lowest BCUT2D eigenvalue weighted by molar-refractivity contribution is -0.130. The van der Waals surface area contributed by atoms with Gasteiger partial charge in [0.2, 0.25) is 0 Å². The van der Waals surface area contributed by atoms with Gasteiger partial charge in [-0.15, -0.1) is 0 Å². The van der Waals surface area contributed by atoms with E-state index in [-0.39, 0.29) is 11.3 Å². The second-order valence-electron chi connectivity index (χ2n) is 7.88. The van der Waals surface area contributed by atoms with Crippen LogP contribution in [0.3, 0.4) is 0 Å². The molecule has 0 aliphatic carbocycles. The molecule has 0 fully saturated rings. The van der Waals surface area contributed by atoms with Gasteiger partial charge in [-0.25, -0.2) is 4.79 Å². The molecule has 0 saturated heterocycles. The predicted molar refractivity (Wildman–Crippen MR) is 119 cm³/mol. The van der Waals surface area contributed by atoms with Gasteiger partial charge in [-0.3, -0.25) is 4.79 Å². The first kappa shape index (κ1) is 20.4. The van der Waals surface area contributed by atoms with Crippen LogP contribution in [0, 0.1) is 13.8 Å². The Kier molecular flexibility index (Phi) is 5.34. The topological polar surface area (TPSA) is 77.8 Å². The highest BCUT2D eigenvalue weighted by atomic mass is 16.4. The van der Waals surface area contributed by atoms with Gasteiger partial charge in [-0.2, -0.15) is 0 Å². The average Bonchev–Trinajstić information content (AvgIpc) is 3.01. The zero-order chi connectivity index (χ0) is 22.1. The Morgan fingerprint density at radius 3 is 1.97 bits per heavy atom. The highest BCUT2D eigenvalue weighted by Crippen LogP contribution is 2.43. The fraction of sp³-hybridized carbons (Fsp3) is 0.154. The molecular formula is C26H23NO4. The number of hydrogen-bond donors (Lipinski definition) is 2. The number of carbonyl (C=O) groups excluding carboxylic acids is 1. The van der Waals surface area contributed by atoms with Crippen molar-refractivity contribution in [1.29, 1.82) is 0 Å². The fourth-order valence-electron chi connectivity index (χ4n) is 3.89. The first-order valence-corrected chi connectivity index (χ1v) is 10.0. The van der Waals surface area contributed by atoms with Crippen LogP contribution in [0.5, 0.6) is 0 Å². The Hall–Kier alpha value is -3.86. The van der Waals surface area contributed by atoms with E-state index in [9.17, 15) is 19.8 Å². The van der Waals surface area contributed by atoms with Crippen molar-refractivity contribution in [1.82, 2.24) is 4.90 Å². The molecule has 1 atom stereocenters. The summed E-state index contributed by atoms with van der Waals surface area (Å²) in [7, 11) is 0. The molecule has 1 aliphatic rings. The number of carboxylic acids is 1. The molecular weight excluding hydrogens is 390 g/mol. The van der Waals surface area contributed by atoms with E-state index in [1.165, 1.54) is 12.1 Å². The second-order valence-corrected chi connectivity index (χ2v) is 7.88. The minimum absolute atomic E-state index is 0.170. The van der Waals surface area contributed by atoms with Gasteiger partial charge in [0.15, 0.2) is 5.76 Å². The maximum atomic E-state index is 13.1. The number of amides is 1. The van der Waals surface area contributed by atoms with Crippen molar-refractivity contribution in [2.75, 3.05) is 0 Å². The van der Waals surface area contributed by atoms with E-state index >= 15 is 0 Å². The third kappa shape index (κ3) is 3.94. The van der Waals surface area contributed by atoms with Gasteiger partial charge in [0, 0.05) is 12.1 Å². The molecule has 0 saturated carbocycles. The summed E-state index contributed by atoms with van der Waals surface area (Å²) < 4.78 is 0. The predicted octanol–water partition coefficient (Wildman–Crippen LogP) is 5.05. The molecule has 5 nitrogen and oxygen atoms in total. The van der Waals surface area contributed by atoms with Crippen LogP contribution in [0.15, 0.2) is 78.6 Å². The number of aryl methyl sites for hydroxylation is 2. The van der Waals surface area contributed by atoms with Crippen molar-refractivity contribution in [3.63, 3.8) is 0 Å². The molecule has 31 heavy (non-hydrogen) atoms. The Bertz CT molecular complexity index is 1160. The molecule has 0 radical (unpaired) electrons. The number of carbonyl (C=O) groups is 2. The number of nitrogens with zero attached hydrogens (tertiary/aromatic N) is 1. The number of aliphatic hydroxyl groups is 1. The molecule has 2 N–H and O–H groups in total. The summed E-state index contributed by atoms with van der Waals surface area (Å²) in [4.78, 5) is 26.0. The van der Waals surface area contributed by atoms with Crippen molar-refractivity contribution < 1.29 is 19.8 Å². The smallest absolute Gasteiger partial charge is 0.335 e. The Balaban J connectivity index is 1.80. The van der Waals surface area contributed by atoms with Crippen LogP contribution in [0.25, 0.3) is 5.57 Å². The molecule has 4 rings (SSSR count). The van der Waals surface area contributed by atoms with E-state index in [1.807, 2.05) is 62.4 Å². The molecule has 5 heteroatoms. The summed E-state index contributed by atoms with van der Waals surface area (Å²) in [5, 5.41) is 20.1. The highest BCUT2D eigenvalue weighted by Gasteiger charge is 2.41. The van der Waals surface area contributed by atoms with Crippen LogP contribution in [0.1, 0.15) is 44.2 Å². The first-order valence-electron chi connectivity index (χ1n) is 10.0. The quantitative estimate of drug-likeness (QED) is 0.613. The van der Waals surface area contributed by atoms with Gasteiger partial charge in [0.25, 0.3) is 5.91 Å². The maximum absolute atomic E-state index is 13.1. The Morgan fingerprint density at radius 2 is 1.42 bits per heavy atom. The summed E-state index contributed by atoms with van der Waals surface area (Å²) in [5.41, 5.74) is 5.35. The lowest BCUT2D eigenvalue weighted by Gasteiger charge is -2.27. The molecule has 0 spiro atoms. The van der Waals surface area contributed by atoms with Crippen LogP contribution >= 0.6 is 0 Å². The number of aliphatic hydroxyl groups excluding tert-OH is 1. The van der Waals surface area contributed by atoms with E-state index in [0.717, 1.165) is 27.8 Å². The minimum atomic E-state index is -1.01. The number of aromatic carboxylic acids is 1. The summed E-state index contributed by atoms with van der Waals surface area (Å²) >= 11 is 0. The lowest BCUT2D eigenvalue weighted by Crippen LogP contribution is -2.29. The van der Waals surface area contributed by atoms with Gasteiger partial charge >= 0.3 is 5.97 Å². The monoisotopic (exact) mass is 413 g/mol. The standard InChI is InChI=1S/C26H23NO4/c1-16-3-7-18(8-4-16)15-27-23(20-11-13-21(14-12-20)26(30)31)22(24(28)25(27)29)19-9-5-17(2)6-10-19/h3-14,23,28H,15H2,1-2H3,(H,30,31). The molecule has 3 aromatic carbocycles. The number of rotatable bonds is 5. The lowest BCUT2D eigenvalue weighted by atomic mass is 9.92. The van der Waals surface area contributed by atoms with Crippen LogP contribution in [-0.4, -0.2) is 27.0 Å². The van der Waals surface area contributed by atoms with Gasteiger partial charge in [-0.05, 0) is 42.7 Å².